The number of aliphatic hydroxyl groups is 2. The molecule has 2 unspecified atom stereocenters. The van der Waals surface area contributed by atoms with E-state index < -0.39 is 132 Å². The second kappa shape index (κ2) is 34.3. The molecule has 1 aromatic carbocycles. The lowest BCUT2D eigenvalue weighted by Crippen LogP contribution is -2.61. The van der Waals surface area contributed by atoms with E-state index in [1.807, 2.05) is 6.92 Å². The van der Waals surface area contributed by atoms with E-state index in [1.54, 1.807) is 51.1 Å². The lowest BCUT2D eigenvalue weighted by Gasteiger charge is -2.29. The fraction of sp³-hybridized carbons (Fsp3) is 0.647. The first-order valence-corrected chi connectivity index (χ1v) is 26.5. The maximum absolute atomic E-state index is 14.5. The van der Waals surface area contributed by atoms with E-state index >= 15 is 0 Å². The smallest absolute Gasteiger partial charge is 0.247 e. The van der Waals surface area contributed by atoms with Crippen LogP contribution in [0.1, 0.15) is 92.6 Å². The summed E-state index contributed by atoms with van der Waals surface area (Å²) < 4.78 is 0. The minimum atomic E-state index is -1.59. The first kappa shape index (κ1) is 67.5. The zero-order valence-corrected chi connectivity index (χ0v) is 45.9. The van der Waals surface area contributed by atoms with Crippen molar-refractivity contribution < 1.29 is 58.2 Å². The minimum Gasteiger partial charge on any atom is -0.391 e. The highest BCUT2D eigenvalue weighted by Crippen LogP contribution is 2.18. The Balaban J connectivity index is 2.34. The standard InChI is InChI=1S/C51H87N15O12/c1-9-56-49(76)40(30(7)67)65-46(73)36(18-22-55)60-44(71)34(16-20-53)61-48(75)38(23-26(2)3)63-50(77)39(28(5)32-13-11-10-12-14-32)64-45(72)35(17-21-54)59-42(69)29(6)58-43(70)33(15-19-52)62-51(78)41(31(8)68)66-47(74)37-24-27(4)25-57-37/h10-14,26-27,29-31,33-41,57,67-68H,5,9,15-25,52-55H2,1-4,6-8H3,(H,56,76)(H,58,70)(H,59,69)(H,60,71)(H,61,75)(H,62,78)(H,63,77)(H,64,72)(H,65,73)(H,66,74)/t27-,29+,30?,31?,33+,34+,35+,36+,37+,38+,39-,40+,41+/m1/s1. The number of likely N-dealkylation sites (N-methyl/N-ethyl adjacent to an activating group) is 1. The predicted molar refractivity (Wildman–Crippen MR) is 290 cm³/mol. The summed E-state index contributed by atoms with van der Waals surface area (Å²) in [6.07, 6.45) is -2.60. The van der Waals surface area contributed by atoms with Crippen molar-refractivity contribution in [3.05, 3.63) is 42.5 Å². The first-order valence-electron chi connectivity index (χ1n) is 26.5. The average molecular weight is 1100 g/mol. The first-order chi connectivity index (χ1) is 36.8. The lowest BCUT2D eigenvalue weighted by atomic mass is 9.97. The summed E-state index contributed by atoms with van der Waals surface area (Å²) in [6.45, 7) is 15.6. The number of benzene rings is 1. The Morgan fingerprint density at radius 2 is 0.987 bits per heavy atom. The second-order valence-electron chi connectivity index (χ2n) is 20.0. The van der Waals surface area contributed by atoms with Gasteiger partial charge < -0.3 is 91.6 Å². The molecule has 0 aromatic heterocycles. The molecule has 0 saturated carbocycles. The molecule has 10 amide bonds. The molecule has 1 aliphatic rings. The number of hydrogen-bond acceptors (Lipinski definition) is 17. The normalized spacial score (nSPS) is 18.3. The van der Waals surface area contributed by atoms with Crippen LogP contribution in [0.5, 0.6) is 0 Å². The number of amides is 10. The molecule has 0 radical (unpaired) electrons. The zero-order chi connectivity index (χ0) is 58.8. The van der Waals surface area contributed by atoms with Crippen molar-refractivity contribution in [3.63, 3.8) is 0 Å². The number of nitrogens with one attached hydrogen (secondary N) is 11. The maximum Gasteiger partial charge on any atom is 0.247 e. The maximum atomic E-state index is 14.5. The molecule has 1 heterocycles. The number of hydrogen-bond donors (Lipinski definition) is 17. The number of rotatable bonds is 34. The van der Waals surface area contributed by atoms with E-state index in [2.05, 4.69) is 65.1 Å². The van der Waals surface area contributed by atoms with Crippen LogP contribution >= 0.6 is 0 Å². The van der Waals surface area contributed by atoms with Gasteiger partial charge in [0.2, 0.25) is 59.1 Å². The fourth-order valence-electron chi connectivity index (χ4n) is 8.27. The van der Waals surface area contributed by atoms with E-state index in [-0.39, 0.29) is 82.2 Å². The largest absolute Gasteiger partial charge is 0.391 e. The van der Waals surface area contributed by atoms with Crippen molar-refractivity contribution in [1.82, 2.24) is 58.5 Å². The van der Waals surface area contributed by atoms with Crippen molar-refractivity contribution >= 4 is 64.6 Å². The lowest BCUT2D eigenvalue weighted by molar-refractivity contribution is -0.136. The third-order valence-corrected chi connectivity index (χ3v) is 12.6. The summed E-state index contributed by atoms with van der Waals surface area (Å²) in [7, 11) is 0. The Hall–Kier alpha value is -6.62. The van der Waals surface area contributed by atoms with E-state index in [1.165, 1.54) is 20.8 Å². The van der Waals surface area contributed by atoms with Gasteiger partial charge >= 0.3 is 0 Å². The fourth-order valence-corrected chi connectivity index (χ4v) is 8.27. The number of nitrogens with two attached hydrogens (primary N) is 4. The highest BCUT2D eigenvalue weighted by molar-refractivity contribution is 6.03. The molecule has 0 bridgehead atoms. The summed E-state index contributed by atoms with van der Waals surface area (Å²) in [6, 6.07) is -4.71. The second-order valence-corrected chi connectivity index (χ2v) is 20.0. The third kappa shape index (κ3) is 22.0. The van der Waals surface area contributed by atoms with Gasteiger partial charge in [0.1, 0.15) is 54.4 Å². The van der Waals surface area contributed by atoms with Gasteiger partial charge in [-0.25, -0.2) is 0 Å². The molecule has 1 aromatic rings. The molecule has 21 N–H and O–H groups in total. The number of aliphatic hydroxyl groups excluding tert-OH is 2. The van der Waals surface area contributed by atoms with Crippen LogP contribution in [0, 0.1) is 11.8 Å². The van der Waals surface area contributed by atoms with Gasteiger partial charge in [-0.2, -0.15) is 0 Å². The number of carbonyl (C=O) groups is 10. The topological polar surface area (TPSA) is 448 Å². The Morgan fingerprint density at radius 3 is 1.44 bits per heavy atom. The molecule has 0 spiro atoms. The Bertz CT molecular complexity index is 2190. The third-order valence-electron chi connectivity index (χ3n) is 12.6. The molecule has 2 rings (SSSR count). The summed E-state index contributed by atoms with van der Waals surface area (Å²) in [5.74, 6) is -8.08. The molecule has 27 nitrogen and oxygen atoms in total. The van der Waals surface area contributed by atoms with Crippen LogP contribution < -0.4 is 81.4 Å². The highest BCUT2D eigenvalue weighted by Gasteiger charge is 2.37. The molecule has 13 atom stereocenters. The predicted octanol–water partition coefficient (Wildman–Crippen LogP) is -5.58. The minimum absolute atomic E-state index is 0.0201. The summed E-state index contributed by atoms with van der Waals surface area (Å²) in [5, 5.41) is 49.2. The van der Waals surface area contributed by atoms with Gasteiger partial charge in [0.25, 0.3) is 0 Å². The van der Waals surface area contributed by atoms with E-state index in [4.69, 9.17) is 22.9 Å². The van der Waals surface area contributed by atoms with Crippen molar-refractivity contribution in [2.45, 2.75) is 160 Å². The van der Waals surface area contributed by atoms with Gasteiger partial charge in [-0.1, -0.05) is 57.7 Å². The van der Waals surface area contributed by atoms with E-state index in [0.717, 1.165) is 0 Å². The van der Waals surface area contributed by atoms with Gasteiger partial charge in [-0.15, -0.1) is 0 Å². The monoisotopic (exact) mass is 1100 g/mol. The molecule has 78 heavy (non-hydrogen) atoms. The molecule has 1 fully saturated rings. The van der Waals surface area contributed by atoms with Crippen LogP contribution in [0.2, 0.25) is 0 Å². The van der Waals surface area contributed by atoms with Gasteiger partial charge in [0.15, 0.2) is 0 Å². The van der Waals surface area contributed by atoms with Gasteiger partial charge in [-0.3, -0.25) is 47.9 Å². The van der Waals surface area contributed by atoms with Gasteiger partial charge in [0, 0.05) is 6.54 Å². The van der Waals surface area contributed by atoms with Crippen LogP contribution in [0.15, 0.2) is 36.9 Å². The molecule has 1 saturated heterocycles. The average Bonchev–Trinajstić information content (AvgIpc) is 3.83. The van der Waals surface area contributed by atoms with Crippen molar-refractivity contribution in [2.75, 3.05) is 39.3 Å². The Morgan fingerprint density at radius 1 is 0.564 bits per heavy atom. The molecule has 0 aliphatic carbocycles. The SMILES string of the molecule is C=C(c1ccccc1)[C@@H](NC(=O)[C@H](CCN)NC(=O)[C@H](C)NC(=O)[C@H](CCN)NC(=O)[C@@H](NC(=O)[C@@H]1C[C@@H](C)CN1)C(C)O)C(=O)N[C@@H](CC(C)C)C(=O)N[C@@H](CCN)C(=O)N[C@@H](CCN)C(=O)N[C@H](C(=O)NCC)C(C)O. The molecule has 27 heteroatoms. The van der Waals surface area contributed by atoms with Crippen LogP contribution in [-0.2, 0) is 47.9 Å². The number of carbonyl (C=O) groups excluding carboxylic acids is 10. The van der Waals surface area contributed by atoms with Crippen LogP contribution in [0.3, 0.4) is 0 Å². The molecular weight excluding hydrogens is 1010 g/mol. The zero-order valence-electron chi connectivity index (χ0n) is 45.9. The van der Waals surface area contributed by atoms with Crippen LogP contribution in [0.25, 0.3) is 5.57 Å². The Labute approximate surface area is 456 Å². The highest BCUT2D eigenvalue weighted by atomic mass is 16.3. The van der Waals surface area contributed by atoms with Crippen molar-refractivity contribution in [3.8, 4) is 0 Å². The van der Waals surface area contributed by atoms with Crippen molar-refractivity contribution in [1.29, 1.82) is 0 Å². The summed E-state index contributed by atoms with van der Waals surface area (Å²) in [5.41, 5.74) is 23.8. The molecule has 438 valence electrons. The molecular formula is C51H87N15O12. The van der Waals surface area contributed by atoms with E-state index in [9.17, 15) is 58.2 Å². The van der Waals surface area contributed by atoms with Crippen LogP contribution in [0.4, 0.5) is 0 Å². The summed E-state index contributed by atoms with van der Waals surface area (Å²) in [4.78, 5) is 136. The van der Waals surface area contributed by atoms with Crippen LogP contribution in [-0.4, -0.2) is 181 Å². The summed E-state index contributed by atoms with van der Waals surface area (Å²) >= 11 is 0. The van der Waals surface area contributed by atoms with Crippen molar-refractivity contribution in [2.24, 2.45) is 34.8 Å². The quantitative estimate of drug-likeness (QED) is 0.0306. The van der Waals surface area contributed by atoms with Gasteiger partial charge in [-0.05, 0) is 122 Å². The molecule has 1 aliphatic heterocycles. The van der Waals surface area contributed by atoms with E-state index in [0.29, 0.717) is 18.5 Å². The Kier molecular flexibility index (Phi) is 29.7. The van der Waals surface area contributed by atoms with Gasteiger partial charge in [0.05, 0.1) is 18.2 Å².